The summed E-state index contributed by atoms with van der Waals surface area (Å²) in [5.74, 6) is 0.999. The molecule has 0 unspecified atom stereocenters. The first-order valence-corrected chi connectivity index (χ1v) is 9.23. The van der Waals surface area contributed by atoms with Gasteiger partial charge in [0.25, 0.3) is 5.91 Å². The van der Waals surface area contributed by atoms with E-state index in [0.29, 0.717) is 22.9 Å². The van der Waals surface area contributed by atoms with Crippen molar-refractivity contribution in [3.8, 4) is 11.5 Å². The number of hydrogen-bond acceptors (Lipinski definition) is 4. The van der Waals surface area contributed by atoms with Crippen LogP contribution in [0.15, 0.2) is 59.0 Å². The molecule has 0 saturated heterocycles. The van der Waals surface area contributed by atoms with Crippen molar-refractivity contribution in [3.05, 3.63) is 77.5 Å². The summed E-state index contributed by atoms with van der Waals surface area (Å²) in [4.78, 5) is 12.6. The predicted molar refractivity (Wildman–Crippen MR) is 109 cm³/mol. The van der Waals surface area contributed by atoms with E-state index in [0.717, 1.165) is 5.56 Å². The second kappa shape index (κ2) is 8.39. The molecule has 3 aromatic rings. The molecule has 1 heterocycles. The minimum Gasteiger partial charge on any atom is -0.495 e. The van der Waals surface area contributed by atoms with Gasteiger partial charge in [0.05, 0.1) is 12.8 Å². The molecule has 1 amide bonds. The highest BCUT2D eigenvalue weighted by molar-refractivity contribution is 6.03. The number of anilines is 1. The van der Waals surface area contributed by atoms with Gasteiger partial charge in [0.2, 0.25) is 0 Å². The molecule has 3 rings (SSSR count). The number of ether oxygens (including phenoxy) is 2. The van der Waals surface area contributed by atoms with Crippen molar-refractivity contribution in [2.45, 2.75) is 32.8 Å². The Morgan fingerprint density at radius 3 is 2.45 bits per heavy atom. The number of rotatable bonds is 6. The lowest BCUT2D eigenvalue weighted by molar-refractivity contribution is 0.0992. The Kier molecular flexibility index (Phi) is 5.92. The number of carbonyl (C=O) groups is 1. The van der Waals surface area contributed by atoms with E-state index < -0.39 is 0 Å². The summed E-state index contributed by atoms with van der Waals surface area (Å²) in [6.07, 6.45) is 0. The maximum Gasteiger partial charge on any atom is 0.291 e. The van der Waals surface area contributed by atoms with Crippen molar-refractivity contribution < 1.29 is 23.1 Å². The molecule has 0 fully saturated rings. The number of benzene rings is 2. The number of halogens is 1. The van der Waals surface area contributed by atoms with Crippen LogP contribution in [0, 0.1) is 5.82 Å². The summed E-state index contributed by atoms with van der Waals surface area (Å²) in [7, 11) is 1.56. The summed E-state index contributed by atoms with van der Waals surface area (Å²) in [6, 6.07) is 14.6. The third-order valence-corrected chi connectivity index (χ3v) is 4.39. The molecule has 0 aliphatic carbocycles. The van der Waals surface area contributed by atoms with Crippen LogP contribution in [0.2, 0.25) is 0 Å². The van der Waals surface area contributed by atoms with Gasteiger partial charge in [-0.05, 0) is 59.5 Å². The fraction of sp³-hybridized carbons (Fsp3) is 0.261. The summed E-state index contributed by atoms with van der Waals surface area (Å²) in [6.45, 7) is 6.42. The molecule has 29 heavy (non-hydrogen) atoms. The molecule has 152 valence electrons. The molecular formula is C23H24FNO4. The van der Waals surface area contributed by atoms with Crippen molar-refractivity contribution in [2.24, 2.45) is 0 Å². The predicted octanol–water partition coefficient (Wildman–Crippen LogP) is 5.56. The lowest BCUT2D eigenvalue weighted by atomic mass is 9.87. The SMILES string of the molecule is COc1ccc(C(C)(C)C)cc1NC(=O)c1ccc(COc2ccc(F)cc2)o1. The number of furan rings is 1. The number of hydrogen-bond donors (Lipinski definition) is 1. The molecule has 0 aliphatic rings. The molecule has 1 N–H and O–H groups in total. The van der Waals surface area contributed by atoms with Gasteiger partial charge in [0, 0.05) is 0 Å². The van der Waals surface area contributed by atoms with Gasteiger partial charge in [-0.3, -0.25) is 4.79 Å². The Bertz CT molecular complexity index is 987. The Morgan fingerprint density at radius 1 is 1.07 bits per heavy atom. The number of nitrogens with one attached hydrogen (secondary N) is 1. The zero-order chi connectivity index (χ0) is 21.0. The first-order valence-electron chi connectivity index (χ1n) is 9.23. The number of carbonyl (C=O) groups excluding carboxylic acids is 1. The smallest absolute Gasteiger partial charge is 0.291 e. The highest BCUT2D eigenvalue weighted by Gasteiger charge is 2.18. The van der Waals surface area contributed by atoms with E-state index in [2.05, 4.69) is 26.1 Å². The van der Waals surface area contributed by atoms with Gasteiger partial charge < -0.3 is 19.2 Å². The van der Waals surface area contributed by atoms with Crippen molar-refractivity contribution in [2.75, 3.05) is 12.4 Å². The highest BCUT2D eigenvalue weighted by atomic mass is 19.1. The lowest BCUT2D eigenvalue weighted by Crippen LogP contribution is -2.15. The Balaban J connectivity index is 1.69. The van der Waals surface area contributed by atoms with Crippen LogP contribution in [0.5, 0.6) is 11.5 Å². The first-order chi connectivity index (χ1) is 13.8. The minimum atomic E-state index is -0.387. The van der Waals surface area contributed by atoms with E-state index in [9.17, 15) is 9.18 Å². The van der Waals surface area contributed by atoms with Crippen LogP contribution in [0.25, 0.3) is 0 Å². The van der Waals surface area contributed by atoms with Crippen molar-refractivity contribution in [1.82, 2.24) is 0 Å². The van der Waals surface area contributed by atoms with E-state index >= 15 is 0 Å². The normalized spacial score (nSPS) is 11.2. The first kappa shape index (κ1) is 20.5. The second-order valence-corrected chi connectivity index (χ2v) is 7.63. The topological polar surface area (TPSA) is 60.7 Å². The molecule has 2 aromatic carbocycles. The fourth-order valence-electron chi connectivity index (χ4n) is 2.72. The third-order valence-electron chi connectivity index (χ3n) is 4.39. The minimum absolute atomic E-state index is 0.0682. The summed E-state index contributed by atoms with van der Waals surface area (Å²) < 4.78 is 29.4. The maximum atomic E-state index is 12.9. The van der Waals surface area contributed by atoms with Gasteiger partial charge in [0.1, 0.15) is 29.7 Å². The van der Waals surface area contributed by atoms with E-state index in [1.165, 1.54) is 24.3 Å². The van der Waals surface area contributed by atoms with E-state index in [1.807, 2.05) is 18.2 Å². The van der Waals surface area contributed by atoms with E-state index in [1.54, 1.807) is 19.2 Å². The molecule has 0 saturated carbocycles. The van der Waals surface area contributed by atoms with Gasteiger partial charge in [-0.2, -0.15) is 0 Å². The average Bonchev–Trinajstić information content (AvgIpc) is 3.16. The highest BCUT2D eigenvalue weighted by Crippen LogP contribution is 2.31. The molecule has 0 radical (unpaired) electrons. The second-order valence-electron chi connectivity index (χ2n) is 7.63. The number of amides is 1. The zero-order valence-corrected chi connectivity index (χ0v) is 16.9. The van der Waals surface area contributed by atoms with Gasteiger partial charge >= 0.3 is 0 Å². The standard InChI is InChI=1S/C23H24FNO4/c1-23(2,3)15-5-11-20(27-4)19(13-15)25-22(26)21-12-10-18(29-21)14-28-17-8-6-16(24)7-9-17/h5-13H,14H2,1-4H3,(H,25,26). The Hall–Kier alpha value is -3.28. The van der Waals surface area contributed by atoms with Crippen LogP contribution >= 0.6 is 0 Å². The molecular weight excluding hydrogens is 373 g/mol. The van der Waals surface area contributed by atoms with Gasteiger partial charge in [0.15, 0.2) is 5.76 Å². The van der Waals surface area contributed by atoms with Crippen molar-refractivity contribution in [1.29, 1.82) is 0 Å². The molecule has 6 heteroatoms. The van der Waals surface area contributed by atoms with E-state index in [4.69, 9.17) is 13.9 Å². The van der Waals surface area contributed by atoms with Crippen LogP contribution in [0.1, 0.15) is 42.6 Å². The average molecular weight is 397 g/mol. The number of methoxy groups -OCH3 is 1. The van der Waals surface area contributed by atoms with Crippen molar-refractivity contribution >= 4 is 11.6 Å². The van der Waals surface area contributed by atoms with Gasteiger partial charge in [-0.15, -0.1) is 0 Å². The van der Waals surface area contributed by atoms with Crippen LogP contribution in [-0.2, 0) is 12.0 Å². The monoisotopic (exact) mass is 397 g/mol. The molecule has 5 nitrogen and oxygen atoms in total. The van der Waals surface area contributed by atoms with Crippen LogP contribution in [0.4, 0.5) is 10.1 Å². The Morgan fingerprint density at radius 2 is 1.79 bits per heavy atom. The summed E-state index contributed by atoms with van der Waals surface area (Å²) >= 11 is 0. The van der Waals surface area contributed by atoms with Crippen molar-refractivity contribution in [3.63, 3.8) is 0 Å². The molecule has 1 aromatic heterocycles. The summed E-state index contributed by atoms with van der Waals surface area (Å²) in [5, 5.41) is 2.84. The molecule has 0 aliphatic heterocycles. The molecule has 0 bridgehead atoms. The molecule has 0 spiro atoms. The van der Waals surface area contributed by atoms with Crippen LogP contribution < -0.4 is 14.8 Å². The lowest BCUT2D eigenvalue weighted by Gasteiger charge is -2.21. The third kappa shape index (κ3) is 5.16. The quantitative estimate of drug-likeness (QED) is 0.592. The van der Waals surface area contributed by atoms with Crippen LogP contribution in [0.3, 0.4) is 0 Å². The van der Waals surface area contributed by atoms with Gasteiger partial charge in [-0.25, -0.2) is 4.39 Å². The fourth-order valence-corrected chi connectivity index (χ4v) is 2.72. The summed E-state index contributed by atoms with van der Waals surface area (Å²) in [5.41, 5.74) is 1.58. The Labute approximate surface area is 169 Å². The van der Waals surface area contributed by atoms with E-state index in [-0.39, 0.29) is 29.5 Å². The maximum absolute atomic E-state index is 12.9. The zero-order valence-electron chi connectivity index (χ0n) is 16.9. The van der Waals surface area contributed by atoms with Gasteiger partial charge in [-0.1, -0.05) is 26.8 Å². The molecule has 0 atom stereocenters. The largest absolute Gasteiger partial charge is 0.495 e. The van der Waals surface area contributed by atoms with Crippen LogP contribution in [-0.4, -0.2) is 13.0 Å².